The summed E-state index contributed by atoms with van der Waals surface area (Å²) in [4.78, 5) is 10.5. The third kappa shape index (κ3) is 7.38. The van der Waals surface area contributed by atoms with E-state index in [1.165, 1.54) is 12.1 Å². The maximum Gasteiger partial charge on any atom is 0.193 e. The first kappa shape index (κ1) is 23.8. The number of likely N-dealkylation sites (N-methyl/N-ethyl adjacent to an activating group) is 1. The SMILES string of the molecule is CN=C(NCCN(C)CCOC)N1CCN(c2cc(F)ccc2F)CC1.I. The summed E-state index contributed by atoms with van der Waals surface area (Å²) >= 11 is 0. The molecule has 0 atom stereocenters. The summed E-state index contributed by atoms with van der Waals surface area (Å²) in [6.07, 6.45) is 0. The van der Waals surface area contributed by atoms with Crippen molar-refractivity contribution in [2.24, 2.45) is 4.99 Å². The summed E-state index contributed by atoms with van der Waals surface area (Å²) in [6.45, 7) is 5.91. The van der Waals surface area contributed by atoms with E-state index in [0.29, 0.717) is 38.5 Å². The molecule has 0 unspecified atom stereocenters. The minimum Gasteiger partial charge on any atom is -0.383 e. The van der Waals surface area contributed by atoms with Gasteiger partial charge in [-0.1, -0.05) is 0 Å². The first-order valence-electron chi connectivity index (χ1n) is 8.88. The number of nitrogens with one attached hydrogen (secondary N) is 1. The number of halogens is 3. The Hall–Kier alpha value is -1.20. The summed E-state index contributed by atoms with van der Waals surface area (Å²) in [6, 6.07) is 3.58. The van der Waals surface area contributed by atoms with Gasteiger partial charge in [0.1, 0.15) is 11.6 Å². The molecule has 0 spiro atoms. The standard InChI is InChI=1S/C18H29F2N5O.HI/c1-21-18(22-6-7-23(2)12-13-26-3)25-10-8-24(9-11-25)17-14-15(19)4-5-16(17)20;/h4-5,14H,6-13H2,1-3H3,(H,21,22);1H. The molecule has 6 nitrogen and oxygen atoms in total. The molecule has 1 fully saturated rings. The summed E-state index contributed by atoms with van der Waals surface area (Å²) in [7, 11) is 5.51. The Bertz CT molecular complexity index is 597. The highest BCUT2D eigenvalue weighted by molar-refractivity contribution is 14.0. The second-order valence-corrected chi connectivity index (χ2v) is 6.34. The largest absolute Gasteiger partial charge is 0.383 e. The van der Waals surface area contributed by atoms with Crippen molar-refractivity contribution in [3.63, 3.8) is 0 Å². The van der Waals surface area contributed by atoms with E-state index in [0.717, 1.165) is 31.7 Å². The second-order valence-electron chi connectivity index (χ2n) is 6.34. The zero-order chi connectivity index (χ0) is 18.9. The molecular weight excluding hydrogens is 467 g/mol. The number of benzene rings is 1. The first-order valence-corrected chi connectivity index (χ1v) is 8.88. The smallest absolute Gasteiger partial charge is 0.193 e. The van der Waals surface area contributed by atoms with Gasteiger partial charge in [0.15, 0.2) is 5.96 Å². The summed E-state index contributed by atoms with van der Waals surface area (Å²) in [5, 5.41) is 3.36. The van der Waals surface area contributed by atoms with Gasteiger partial charge in [0.2, 0.25) is 0 Å². The Morgan fingerprint density at radius 2 is 1.93 bits per heavy atom. The van der Waals surface area contributed by atoms with Gasteiger partial charge in [-0.2, -0.15) is 0 Å². The van der Waals surface area contributed by atoms with E-state index in [1.54, 1.807) is 14.2 Å². The lowest BCUT2D eigenvalue weighted by Gasteiger charge is -2.37. The van der Waals surface area contributed by atoms with Crippen molar-refractivity contribution in [1.29, 1.82) is 0 Å². The molecule has 0 radical (unpaired) electrons. The molecule has 1 aliphatic heterocycles. The van der Waals surface area contributed by atoms with E-state index in [2.05, 4.69) is 27.2 Å². The molecule has 2 rings (SSSR count). The lowest BCUT2D eigenvalue weighted by atomic mass is 10.2. The summed E-state index contributed by atoms with van der Waals surface area (Å²) in [5.74, 6) is 0.0323. The molecule has 0 saturated carbocycles. The molecule has 154 valence electrons. The number of hydrogen-bond donors (Lipinski definition) is 1. The maximum atomic E-state index is 13.9. The van der Waals surface area contributed by atoms with Crippen LogP contribution in [0, 0.1) is 11.6 Å². The second kappa shape index (κ2) is 12.3. The molecule has 9 heteroatoms. The Morgan fingerprint density at radius 1 is 1.22 bits per heavy atom. The van der Waals surface area contributed by atoms with Gasteiger partial charge in [-0.25, -0.2) is 8.78 Å². The Morgan fingerprint density at radius 3 is 2.56 bits per heavy atom. The number of aliphatic imine (C=N–C) groups is 1. The minimum atomic E-state index is -0.418. The molecule has 1 aromatic rings. The highest BCUT2D eigenvalue weighted by Crippen LogP contribution is 2.21. The van der Waals surface area contributed by atoms with E-state index in [1.807, 2.05) is 4.90 Å². The molecule has 0 bridgehead atoms. The number of guanidine groups is 1. The Kier molecular flexibility index (Phi) is 10.9. The third-order valence-electron chi connectivity index (χ3n) is 4.49. The number of hydrogen-bond acceptors (Lipinski definition) is 4. The predicted octanol–water partition coefficient (Wildman–Crippen LogP) is 1.86. The van der Waals surface area contributed by atoms with Gasteiger partial charge in [-0.3, -0.25) is 4.99 Å². The quantitative estimate of drug-likeness (QED) is 0.354. The molecule has 1 N–H and O–H groups in total. The normalized spacial score (nSPS) is 15.1. The summed E-state index contributed by atoms with van der Waals surface area (Å²) in [5.41, 5.74) is 0.326. The van der Waals surface area contributed by atoms with Gasteiger partial charge in [-0.05, 0) is 19.2 Å². The van der Waals surface area contributed by atoms with Gasteiger partial charge in [-0.15, -0.1) is 24.0 Å². The van der Waals surface area contributed by atoms with Crippen molar-refractivity contribution in [1.82, 2.24) is 15.1 Å². The average Bonchev–Trinajstić information content (AvgIpc) is 2.66. The molecule has 1 aromatic carbocycles. The van der Waals surface area contributed by atoms with Crippen molar-refractivity contribution in [2.75, 3.05) is 78.5 Å². The molecular formula is C18H30F2IN5O. The van der Waals surface area contributed by atoms with E-state index in [-0.39, 0.29) is 29.8 Å². The number of ether oxygens (including phenoxy) is 1. The predicted molar refractivity (Wildman–Crippen MR) is 116 cm³/mol. The van der Waals surface area contributed by atoms with Crippen LogP contribution in [0.25, 0.3) is 0 Å². The monoisotopic (exact) mass is 497 g/mol. The van der Waals surface area contributed by atoms with Gasteiger partial charge in [0.05, 0.1) is 12.3 Å². The molecule has 1 heterocycles. The molecule has 0 aliphatic carbocycles. The van der Waals surface area contributed by atoms with Crippen molar-refractivity contribution < 1.29 is 13.5 Å². The van der Waals surface area contributed by atoms with Gasteiger partial charge >= 0.3 is 0 Å². The lowest BCUT2D eigenvalue weighted by molar-refractivity contribution is 0.162. The first-order chi connectivity index (χ1) is 12.5. The van der Waals surface area contributed by atoms with Crippen LogP contribution in [0.5, 0.6) is 0 Å². The average molecular weight is 497 g/mol. The Labute approximate surface area is 177 Å². The Balaban J connectivity index is 0.00000364. The van der Waals surface area contributed by atoms with Crippen LogP contribution >= 0.6 is 24.0 Å². The van der Waals surface area contributed by atoms with Crippen LogP contribution in [-0.2, 0) is 4.74 Å². The number of piperazine rings is 1. The highest BCUT2D eigenvalue weighted by atomic mass is 127. The van der Waals surface area contributed by atoms with Crippen LogP contribution in [0.3, 0.4) is 0 Å². The van der Waals surface area contributed by atoms with Crippen LogP contribution in [-0.4, -0.2) is 89.4 Å². The van der Waals surface area contributed by atoms with Crippen molar-refractivity contribution in [3.8, 4) is 0 Å². The zero-order valence-electron chi connectivity index (χ0n) is 16.3. The van der Waals surface area contributed by atoms with Crippen LogP contribution in [0.4, 0.5) is 14.5 Å². The fraction of sp³-hybridized carbons (Fsp3) is 0.611. The van der Waals surface area contributed by atoms with E-state index in [4.69, 9.17) is 4.74 Å². The van der Waals surface area contributed by atoms with Gasteiger partial charge < -0.3 is 24.8 Å². The topological polar surface area (TPSA) is 43.3 Å². The number of anilines is 1. The molecule has 1 aliphatic rings. The fourth-order valence-electron chi connectivity index (χ4n) is 2.94. The molecule has 1 saturated heterocycles. The van der Waals surface area contributed by atoms with Crippen LogP contribution < -0.4 is 10.2 Å². The van der Waals surface area contributed by atoms with Gasteiger partial charge in [0.25, 0.3) is 0 Å². The van der Waals surface area contributed by atoms with Crippen molar-refractivity contribution in [2.45, 2.75) is 0 Å². The highest BCUT2D eigenvalue weighted by Gasteiger charge is 2.21. The van der Waals surface area contributed by atoms with Crippen molar-refractivity contribution in [3.05, 3.63) is 29.8 Å². The van der Waals surface area contributed by atoms with Crippen LogP contribution in [0.1, 0.15) is 0 Å². The lowest BCUT2D eigenvalue weighted by Crippen LogP contribution is -2.53. The summed E-state index contributed by atoms with van der Waals surface area (Å²) < 4.78 is 32.4. The zero-order valence-corrected chi connectivity index (χ0v) is 18.6. The molecule has 0 amide bonds. The van der Waals surface area contributed by atoms with Crippen LogP contribution in [0.2, 0.25) is 0 Å². The number of rotatable bonds is 7. The minimum absolute atomic E-state index is 0. The molecule has 27 heavy (non-hydrogen) atoms. The van der Waals surface area contributed by atoms with Gasteiger partial charge in [0, 0.05) is 66.0 Å². The number of methoxy groups -OCH3 is 1. The molecule has 0 aromatic heterocycles. The van der Waals surface area contributed by atoms with E-state index < -0.39 is 5.82 Å². The third-order valence-corrected chi connectivity index (χ3v) is 4.49. The van der Waals surface area contributed by atoms with Crippen molar-refractivity contribution >= 4 is 35.6 Å². The number of nitrogens with zero attached hydrogens (tertiary/aromatic N) is 4. The van der Waals surface area contributed by atoms with Crippen LogP contribution in [0.15, 0.2) is 23.2 Å². The maximum absolute atomic E-state index is 13.9. The van der Waals surface area contributed by atoms with E-state index in [9.17, 15) is 8.78 Å². The van der Waals surface area contributed by atoms with E-state index >= 15 is 0 Å². The fourth-order valence-corrected chi connectivity index (χ4v) is 2.94.